The third kappa shape index (κ3) is 5.70. The van der Waals surface area contributed by atoms with Gasteiger partial charge in [-0.15, -0.1) is 0 Å². The van der Waals surface area contributed by atoms with Crippen molar-refractivity contribution in [2.24, 2.45) is 0 Å². The Hall–Kier alpha value is -0.280. The minimum atomic E-state index is -1.57. The van der Waals surface area contributed by atoms with Crippen LogP contribution in [0.3, 0.4) is 0 Å². The highest BCUT2D eigenvalue weighted by atomic mass is 16.6. The molecule has 1 aliphatic rings. The zero-order valence-electron chi connectivity index (χ0n) is 11.8. The molecule has 0 amide bonds. The third-order valence-corrected chi connectivity index (χ3v) is 3.21. The molecule has 0 aromatic heterocycles. The van der Waals surface area contributed by atoms with Gasteiger partial charge in [-0.25, -0.2) is 0 Å². The van der Waals surface area contributed by atoms with E-state index in [4.69, 9.17) is 25.5 Å². The van der Waals surface area contributed by atoms with Gasteiger partial charge in [0.05, 0.1) is 6.61 Å². The highest BCUT2D eigenvalue weighted by molar-refractivity contribution is 4.87. The fraction of sp³-hybridized carbons (Fsp3) is 1.00. The molecule has 0 bridgehead atoms. The smallest absolute Gasteiger partial charge is 0.184 e. The van der Waals surface area contributed by atoms with E-state index in [0.717, 1.165) is 0 Å². The van der Waals surface area contributed by atoms with Gasteiger partial charge in [0.2, 0.25) is 0 Å². The number of hydrogen-bond donors (Lipinski definition) is 5. The van der Waals surface area contributed by atoms with Gasteiger partial charge < -0.3 is 35.2 Å². The Bertz CT molecular complexity index is 216. The maximum Gasteiger partial charge on any atom is 0.184 e. The highest BCUT2D eigenvalue weighted by Gasteiger charge is 2.42. The Balaban J connectivity index is 0.000000399. The van der Waals surface area contributed by atoms with E-state index >= 15 is 0 Å². The van der Waals surface area contributed by atoms with Gasteiger partial charge in [-0.05, 0) is 19.6 Å². The molecule has 0 aromatic rings. The summed E-state index contributed by atoms with van der Waals surface area (Å²) in [4.78, 5) is 2.38. The zero-order valence-corrected chi connectivity index (χ0v) is 11.8. The molecule has 7 nitrogen and oxygen atoms in total. The van der Waals surface area contributed by atoms with Crippen molar-refractivity contribution < 1.29 is 30.3 Å². The molecule has 0 saturated carbocycles. The number of aliphatic hydroxyl groups is 5. The first-order chi connectivity index (χ1) is 8.92. The van der Waals surface area contributed by atoms with Crippen LogP contribution in [-0.2, 0) is 4.74 Å². The Labute approximate surface area is 114 Å². The predicted octanol–water partition coefficient (Wildman–Crippen LogP) is -1.87. The molecule has 1 saturated heterocycles. The summed E-state index contributed by atoms with van der Waals surface area (Å²) in [6.45, 7) is 9.60. The fourth-order valence-electron chi connectivity index (χ4n) is 1.75. The molecule has 0 radical (unpaired) electrons. The summed E-state index contributed by atoms with van der Waals surface area (Å²) in [5, 5.41) is 44.7. The molecule has 1 fully saturated rings. The maximum absolute atomic E-state index is 9.12. The van der Waals surface area contributed by atoms with Crippen molar-refractivity contribution in [3.63, 3.8) is 0 Å². The minimum Gasteiger partial charge on any atom is -0.394 e. The monoisotopic (exact) mass is 281 g/mol. The molecule has 1 unspecified atom stereocenters. The summed E-state index contributed by atoms with van der Waals surface area (Å²) in [7, 11) is 0. The Kier molecular flexibility index (Phi) is 9.46. The molecule has 1 rings (SSSR count). The van der Waals surface area contributed by atoms with Crippen LogP contribution in [0.4, 0.5) is 0 Å². The van der Waals surface area contributed by atoms with Crippen molar-refractivity contribution in [1.29, 1.82) is 0 Å². The molecule has 0 aliphatic carbocycles. The van der Waals surface area contributed by atoms with Gasteiger partial charge in [-0.2, -0.15) is 0 Å². The van der Waals surface area contributed by atoms with E-state index in [1.54, 1.807) is 0 Å². The molecule has 1 heterocycles. The maximum atomic E-state index is 9.12. The number of nitrogens with zero attached hydrogens (tertiary/aromatic N) is 1. The average molecular weight is 281 g/mol. The minimum absolute atomic E-state index is 0.526. The molecular formula is C12H27NO6. The van der Waals surface area contributed by atoms with Gasteiger partial charge in [-0.3, -0.25) is 0 Å². The lowest BCUT2D eigenvalue weighted by Gasteiger charge is -2.37. The van der Waals surface area contributed by atoms with Crippen molar-refractivity contribution >= 4 is 0 Å². The quantitative estimate of drug-likeness (QED) is 0.410. The summed E-state index contributed by atoms with van der Waals surface area (Å²) in [5.74, 6) is 0. The first-order valence-electron chi connectivity index (χ1n) is 6.63. The van der Waals surface area contributed by atoms with Crippen LogP contribution in [0.25, 0.3) is 0 Å². The fourth-order valence-corrected chi connectivity index (χ4v) is 1.75. The highest BCUT2D eigenvalue weighted by Crippen LogP contribution is 2.18. The average Bonchev–Trinajstić information content (AvgIpc) is 2.43. The topological polar surface area (TPSA) is 114 Å². The van der Waals surface area contributed by atoms with Gasteiger partial charge >= 0.3 is 0 Å². The van der Waals surface area contributed by atoms with E-state index < -0.39 is 37.3 Å². The van der Waals surface area contributed by atoms with Crippen molar-refractivity contribution in [1.82, 2.24) is 4.90 Å². The second-order valence-electron chi connectivity index (χ2n) is 4.34. The number of rotatable bonds is 4. The first-order valence-corrected chi connectivity index (χ1v) is 6.63. The van der Waals surface area contributed by atoms with Crippen LogP contribution in [0.5, 0.6) is 0 Å². The Morgan fingerprint density at radius 3 is 1.63 bits per heavy atom. The number of hydrogen-bond acceptors (Lipinski definition) is 7. The Morgan fingerprint density at radius 2 is 1.32 bits per heavy atom. The predicted molar refractivity (Wildman–Crippen MR) is 69.4 cm³/mol. The third-order valence-electron chi connectivity index (χ3n) is 3.21. The van der Waals surface area contributed by atoms with Gasteiger partial charge in [0.25, 0.3) is 0 Å². The van der Waals surface area contributed by atoms with Gasteiger partial charge in [-0.1, -0.05) is 20.8 Å². The van der Waals surface area contributed by atoms with Gasteiger partial charge in [0.15, 0.2) is 6.29 Å². The summed E-state index contributed by atoms with van der Waals surface area (Å²) in [6, 6.07) is 0. The van der Waals surface area contributed by atoms with Crippen LogP contribution in [0, 0.1) is 0 Å². The van der Waals surface area contributed by atoms with Crippen LogP contribution in [0.15, 0.2) is 0 Å². The molecule has 116 valence electrons. The van der Waals surface area contributed by atoms with Crippen molar-refractivity contribution in [3.05, 3.63) is 0 Å². The summed E-state index contributed by atoms with van der Waals surface area (Å²) in [6.07, 6.45) is -7.04. The summed E-state index contributed by atoms with van der Waals surface area (Å²) in [5.41, 5.74) is 0. The van der Waals surface area contributed by atoms with E-state index in [0.29, 0.717) is 0 Å². The van der Waals surface area contributed by atoms with Crippen LogP contribution in [0.1, 0.15) is 20.8 Å². The molecule has 19 heavy (non-hydrogen) atoms. The van der Waals surface area contributed by atoms with Crippen molar-refractivity contribution in [3.8, 4) is 0 Å². The number of aliphatic hydroxyl groups excluding tert-OH is 5. The molecule has 0 spiro atoms. The van der Waals surface area contributed by atoms with Crippen molar-refractivity contribution in [2.75, 3.05) is 26.2 Å². The molecule has 0 aromatic carbocycles. The lowest BCUT2D eigenvalue weighted by molar-refractivity contribution is -0.286. The van der Waals surface area contributed by atoms with Crippen LogP contribution >= 0.6 is 0 Å². The van der Waals surface area contributed by atoms with Gasteiger partial charge in [0.1, 0.15) is 24.4 Å². The van der Waals surface area contributed by atoms with E-state index in [2.05, 4.69) is 30.4 Å². The van der Waals surface area contributed by atoms with Crippen LogP contribution in [-0.4, -0.2) is 87.4 Å². The van der Waals surface area contributed by atoms with Gasteiger partial charge in [0, 0.05) is 0 Å². The van der Waals surface area contributed by atoms with E-state index in [-0.39, 0.29) is 0 Å². The lowest BCUT2D eigenvalue weighted by atomic mass is 10.00. The normalized spacial score (nSPS) is 34.9. The largest absolute Gasteiger partial charge is 0.394 e. The van der Waals surface area contributed by atoms with Crippen LogP contribution < -0.4 is 0 Å². The molecule has 5 atom stereocenters. The van der Waals surface area contributed by atoms with Crippen LogP contribution in [0.2, 0.25) is 0 Å². The van der Waals surface area contributed by atoms with E-state index in [1.165, 1.54) is 19.6 Å². The molecular weight excluding hydrogens is 254 g/mol. The van der Waals surface area contributed by atoms with Crippen molar-refractivity contribution in [2.45, 2.75) is 51.5 Å². The Morgan fingerprint density at radius 1 is 0.842 bits per heavy atom. The zero-order chi connectivity index (χ0) is 15.0. The second kappa shape index (κ2) is 9.60. The molecule has 5 N–H and O–H groups in total. The summed E-state index contributed by atoms with van der Waals surface area (Å²) >= 11 is 0. The second-order valence-corrected chi connectivity index (χ2v) is 4.34. The SMILES string of the molecule is CCN(CC)CC.OC[C@H]1OC(O)[C@H](O)[C@@H](O)[C@@H]1O. The van der Waals surface area contributed by atoms with E-state index in [1.807, 2.05) is 0 Å². The molecule has 1 aliphatic heterocycles. The van der Waals surface area contributed by atoms with E-state index in [9.17, 15) is 0 Å². The lowest BCUT2D eigenvalue weighted by Crippen LogP contribution is -2.58. The molecule has 7 heteroatoms. The first kappa shape index (κ1) is 18.7. The summed E-state index contributed by atoms with van der Waals surface area (Å²) < 4.78 is 4.58. The standard InChI is InChI=1S/C6H15N.C6H12O6/c1-4-7(5-2)6-3;7-1-2-3(8)4(9)5(10)6(11)12-2/h4-6H2,1-3H3;2-11H,1H2/t;2-,3-,4+,5-,6?/m.1/s1. The number of ether oxygens (including phenoxy) is 1.